The van der Waals surface area contributed by atoms with Crippen LogP contribution in [0.5, 0.6) is 23.0 Å². The molecule has 4 aromatic rings. The average molecular weight is 507 g/mol. The summed E-state index contributed by atoms with van der Waals surface area (Å²) in [6.07, 6.45) is 0.360. The first-order valence-corrected chi connectivity index (χ1v) is 12.8. The van der Waals surface area contributed by atoms with Crippen molar-refractivity contribution >= 4 is 5.78 Å². The number of aliphatic hydroxyl groups is 1. The number of carbonyl (C=O) groups excluding carboxylic acids is 1. The normalized spacial score (nSPS) is 24.9. The minimum Gasteiger partial charge on any atom is -0.454 e. The van der Waals surface area contributed by atoms with E-state index in [1.54, 1.807) is 0 Å². The smallest absolute Gasteiger partial charge is 0.231 e. The van der Waals surface area contributed by atoms with Gasteiger partial charge in [0.05, 0.1) is 5.92 Å². The molecular formula is C32H26O6. The molecule has 0 amide bonds. The maximum atomic E-state index is 14.4. The van der Waals surface area contributed by atoms with Crippen molar-refractivity contribution in [3.63, 3.8) is 0 Å². The summed E-state index contributed by atoms with van der Waals surface area (Å²) in [6.45, 7) is 0.341. The third-order valence-electron chi connectivity index (χ3n) is 8.06. The van der Waals surface area contributed by atoms with Gasteiger partial charge in [0.25, 0.3) is 0 Å². The van der Waals surface area contributed by atoms with Crippen LogP contribution >= 0.6 is 0 Å². The SMILES string of the molecule is O=C(c1ccccc1)[C@@H]1[C@@H](c2ccc3c(c2)OCO3)[C@H](c2ccc3c(c2)OCO3)C[C@@]1(O)c1ccccc1. The first-order valence-electron chi connectivity index (χ1n) is 12.8. The summed E-state index contributed by atoms with van der Waals surface area (Å²) in [5, 5.41) is 12.6. The Labute approximate surface area is 220 Å². The van der Waals surface area contributed by atoms with Crippen LogP contribution in [0.25, 0.3) is 0 Å². The van der Waals surface area contributed by atoms with Crippen molar-refractivity contribution in [3.05, 3.63) is 119 Å². The molecule has 6 nitrogen and oxygen atoms in total. The Balaban J connectivity index is 1.43. The van der Waals surface area contributed by atoms with Gasteiger partial charge in [-0.3, -0.25) is 4.79 Å². The molecule has 2 heterocycles. The molecule has 1 aliphatic carbocycles. The van der Waals surface area contributed by atoms with Crippen LogP contribution in [0.2, 0.25) is 0 Å². The van der Waals surface area contributed by atoms with Gasteiger partial charge in [-0.25, -0.2) is 0 Å². The molecule has 1 N–H and O–H groups in total. The summed E-state index contributed by atoms with van der Waals surface area (Å²) in [5.41, 5.74) is 1.79. The molecule has 4 atom stereocenters. The highest BCUT2D eigenvalue weighted by atomic mass is 16.7. The van der Waals surface area contributed by atoms with Gasteiger partial charge in [-0.05, 0) is 53.3 Å². The van der Waals surface area contributed by atoms with E-state index in [2.05, 4.69) is 0 Å². The molecule has 0 radical (unpaired) electrons. The molecule has 0 unspecified atom stereocenters. The summed E-state index contributed by atoms with van der Waals surface area (Å²) in [6, 6.07) is 30.5. The van der Waals surface area contributed by atoms with Gasteiger partial charge in [-0.2, -0.15) is 0 Å². The average Bonchev–Trinajstić information content (AvgIpc) is 3.70. The molecule has 7 rings (SSSR count). The number of benzene rings is 4. The Morgan fingerprint density at radius 1 is 0.684 bits per heavy atom. The second-order valence-electron chi connectivity index (χ2n) is 10.1. The molecule has 0 saturated heterocycles. The molecule has 38 heavy (non-hydrogen) atoms. The molecule has 4 aromatic carbocycles. The number of Topliss-reactive ketones (excluding diaryl/α,β-unsaturated/α-hetero) is 1. The van der Waals surface area contributed by atoms with E-state index >= 15 is 0 Å². The van der Waals surface area contributed by atoms with E-state index in [1.807, 2.05) is 97.1 Å². The van der Waals surface area contributed by atoms with E-state index in [0.29, 0.717) is 35.0 Å². The van der Waals surface area contributed by atoms with E-state index in [1.165, 1.54) is 0 Å². The molecule has 0 bridgehead atoms. The third kappa shape index (κ3) is 3.63. The van der Waals surface area contributed by atoms with Crippen molar-refractivity contribution in [3.8, 4) is 23.0 Å². The molecule has 0 spiro atoms. The van der Waals surface area contributed by atoms with Crippen molar-refractivity contribution < 1.29 is 28.8 Å². The Hall–Kier alpha value is -4.29. The molecule has 2 aliphatic heterocycles. The summed E-state index contributed by atoms with van der Waals surface area (Å²) >= 11 is 0. The van der Waals surface area contributed by atoms with Gasteiger partial charge in [0, 0.05) is 11.5 Å². The Kier molecular flexibility index (Phi) is 5.37. The zero-order valence-corrected chi connectivity index (χ0v) is 20.6. The topological polar surface area (TPSA) is 74.2 Å². The van der Waals surface area contributed by atoms with Crippen molar-refractivity contribution in [2.24, 2.45) is 5.92 Å². The van der Waals surface area contributed by atoms with Crippen molar-refractivity contribution in [1.82, 2.24) is 0 Å². The lowest BCUT2D eigenvalue weighted by atomic mass is 9.73. The predicted octanol–water partition coefficient (Wildman–Crippen LogP) is 5.80. The first-order chi connectivity index (χ1) is 18.6. The van der Waals surface area contributed by atoms with Gasteiger partial charge < -0.3 is 24.1 Å². The molecule has 6 heteroatoms. The standard InChI is InChI=1S/C32H26O6/c33-31(20-7-3-1-4-8-20)30-29(22-12-14-26-28(16-22)38-19-36-26)24(17-32(30,34)23-9-5-2-6-10-23)21-11-13-25-27(15-21)37-18-35-25/h1-16,24,29-30,34H,17-19H2/t24-,29-,30-,32+/m0/s1. The van der Waals surface area contributed by atoms with Gasteiger partial charge in [0.1, 0.15) is 5.60 Å². The molecule has 0 aromatic heterocycles. The minimum absolute atomic E-state index is 0.0946. The highest BCUT2D eigenvalue weighted by molar-refractivity contribution is 5.99. The van der Waals surface area contributed by atoms with E-state index in [-0.39, 0.29) is 31.2 Å². The molecule has 190 valence electrons. The maximum Gasteiger partial charge on any atom is 0.231 e. The van der Waals surface area contributed by atoms with Crippen LogP contribution in [0.15, 0.2) is 97.1 Å². The predicted molar refractivity (Wildman–Crippen MR) is 140 cm³/mol. The number of carbonyl (C=O) groups is 1. The van der Waals surface area contributed by atoms with Gasteiger partial charge in [0.2, 0.25) is 13.6 Å². The highest BCUT2D eigenvalue weighted by Gasteiger charge is 2.57. The summed E-state index contributed by atoms with van der Waals surface area (Å²) in [5.74, 6) is 1.32. The van der Waals surface area contributed by atoms with Crippen molar-refractivity contribution in [2.45, 2.75) is 23.9 Å². The summed E-state index contributed by atoms with van der Waals surface area (Å²) in [4.78, 5) is 14.4. The fourth-order valence-corrected chi connectivity index (χ4v) is 6.32. The Morgan fingerprint density at radius 3 is 1.89 bits per heavy atom. The van der Waals surface area contributed by atoms with Crippen LogP contribution < -0.4 is 18.9 Å². The second-order valence-corrected chi connectivity index (χ2v) is 10.1. The number of ketones is 1. The monoisotopic (exact) mass is 506 g/mol. The first kappa shape index (κ1) is 22.9. The lowest BCUT2D eigenvalue weighted by Crippen LogP contribution is -2.38. The summed E-state index contributed by atoms with van der Waals surface area (Å²) < 4.78 is 22.5. The largest absolute Gasteiger partial charge is 0.454 e. The van der Waals surface area contributed by atoms with Crippen LogP contribution in [0.1, 0.15) is 45.3 Å². The molecule has 1 fully saturated rings. The second kappa shape index (κ2) is 8.92. The van der Waals surface area contributed by atoms with Gasteiger partial charge in [-0.15, -0.1) is 0 Å². The lowest BCUT2D eigenvalue weighted by molar-refractivity contribution is -0.000271. The zero-order valence-electron chi connectivity index (χ0n) is 20.6. The van der Waals surface area contributed by atoms with Crippen molar-refractivity contribution in [1.29, 1.82) is 0 Å². The van der Waals surface area contributed by atoms with Crippen molar-refractivity contribution in [2.75, 3.05) is 13.6 Å². The van der Waals surface area contributed by atoms with E-state index < -0.39 is 11.5 Å². The fraction of sp³-hybridized carbons (Fsp3) is 0.219. The van der Waals surface area contributed by atoms with Crippen LogP contribution in [0.4, 0.5) is 0 Å². The fourth-order valence-electron chi connectivity index (χ4n) is 6.32. The number of ether oxygens (including phenoxy) is 4. The molecule has 1 saturated carbocycles. The minimum atomic E-state index is -1.41. The lowest BCUT2D eigenvalue weighted by Gasteiger charge is -2.33. The number of hydrogen-bond acceptors (Lipinski definition) is 6. The summed E-state index contributed by atoms with van der Waals surface area (Å²) in [7, 11) is 0. The van der Waals surface area contributed by atoms with Gasteiger partial charge in [0.15, 0.2) is 28.8 Å². The van der Waals surface area contributed by atoms with Crippen LogP contribution in [0, 0.1) is 5.92 Å². The number of rotatable bonds is 5. The third-order valence-corrected chi connectivity index (χ3v) is 8.06. The number of fused-ring (bicyclic) bond motifs is 2. The van der Waals surface area contributed by atoms with E-state index in [0.717, 1.165) is 16.7 Å². The van der Waals surface area contributed by atoms with Crippen LogP contribution in [-0.4, -0.2) is 24.5 Å². The van der Waals surface area contributed by atoms with Gasteiger partial charge in [-0.1, -0.05) is 72.8 Å². The molecular weight excluding hydrogens is 480 g/mol. The molecule has 3 aliphatic rings. The van der Waals surface area contributed by atoms with Crippen LogP contribution in [-0.2, 0) is 5.60 Å². The zero-order chi connectivity index (χ0) is 25.7. The maximum absolute atomic E-state index is 14.4. The van der Waals surface area contributed by atoms with E-state index in [9.17, 15) is 9.90 Å². The highest BCUT2D eigenvalue weighted by Crippen LogP contribution is 2.60. The number of hydrogen-bond donors (Lipinski definition) is 1. The Bertz CT molecular complexity index is 1500. The van der Waals surface area contributed by atoms with Gasteiger partial charge >= 0.3 is 0 Å². The van der Waals surface area contributed by atoms with E-state index in [4.69, 9.17) is 18.9 Å². The Morgan fingerprint density at radius 2 is 1.24 bits per heavy atom. The van der Waals surface area contributed by atoms with Crippen LogP contribution in [0.3, 0.4) is 0 Å². The quantitative estimate of drug-likeness (QED) is 0.345.